The Morgan fingerprint density at radius 1 is 1.58 bits per heavy atom. The van der Waals surface area contributed by atoms with Crippen molar-refractivity contribution < 1.29 is 14.6 Å². The van der Waals surface area contributed by atoms with Crippen molar-refractivity contribution in [1.82, 2.24) is 0 Å². The number of carbonyl (C=O) groups excluding carboxylic acids is 1. The third kappa shape index (κ3) is 1.18. The van der Waals surface area contributed by atoms with Crippen LogP contribution >= 0.6 is 0 Å². The summed E-state index contributed by atoms with van der Waals surface area (Å²) in [6, 6.07) is 2.93. The number of nitrogens with two attached hydrogens (primary N) is 1. The number of anilines is 1. The van der Waals surface area contributed by atoms with Crippen molar-refractivity contribution in [3.05, 3.63) is 17.7 Å². The first-order valence-electron chi connectivity index (χ1n) is 3.31. The lowest BCUT2D eigenvalue weighted by Crippen LogP contribution is -1.94. The SMILES string of the molecule is COc1c(N)ccc(C=O)c1O. The highest BCUT2D eigenvalue weighted by molar-refractivity contribution is 5.83. The molecule has 0 fully saturated rings. The molecule has 4 heteroatoms. The predicted octanol–water partition coefficient (Wildman–Crippen LogP) is 0.796. The number of aromatic hydroxyl groups is 1. The molecule has 0 atom stereocenters. The van der Waals surface area contributed by atoms with Crippen LogP contribution in [-0.2, 0) is 0 Å². The molecule has 0 aliphatic heterocycles. The zero-order valence-electron chi connectivity index (χ0n) is 6.57. The Bertz CT molecular complexity index is 309. The summed E-state index contributed by atoms with van der Waals surface area (Å²) in [5, 5.41) is 9.33. The molecule has 0 saturated heterocycles. The number of hydrogen-bond acceptors (Lipinski definition) is 4. The molecular formula is C8H9NO3. The lowest BCUT2D eigenvalue weighted by atomic mass is 10.2. The molecule has 0 radical (unpaired) electrons. The Labute approximate surface area is 69.6 Å². The quantitative estimate of drug-likeness (QED) is 0.504. The van der Waals surface area contributed by atoms with E-state index in [1.807, 2.05) is 0 Å². The number of aldehydes is 1. The zero-order valence-corrected chi connectivity index (χ0v) is 6.57. The normalized spacial score (nSPS) is 9.42. The van der Waals surface area contributed by atoms with E-state index in [4.69, 9.17) is 10.5 Å². The van der Waals surface area contributed by atoms with E-state index in [9.17, 15) is 9.90 Å². The van der Waals surface area contributed by atoms with Gasteiger partial charge in [-0.2, -0.15) is 0 Å². The van der Waals surface area contributed by atoms with Gasteiger partial charge in [0.15, 0.2) is 17.8 Å². The summed E-state index contributed by atoms with van der Waals surface area (Å²) in [6.07, 6.45) is 0.539. The van der Waals surface area contributed by atoms with Gasteiger partial charge in [0, 0.05) is 0 Å². The van der Waals surface area contributed by atoms with E-state index < -0.39 is 0 Å². The molecule has 0 saturated carbocycles. The van der Waals surface area contributed by atoms with Crippen molar-refractivity contribution in [1.29, 1.82) is 0 Å². The monoisotopic (exact) mass is 167 g/mol. The fraction of sp³-hybridized carbons (Fsp3) is 0.125. The standard InChI is InChI=1S/C8H9NO3/c1-12-8-6(9)3-2-5(4-10)7(8)11/h2-4,11H,9H2,1H3. The van der Waals surface area contributed by atoms with Gasteiger partial charge in [-0.3, -0.25) is 4.79 Å². The average molecular weight is 167 g/mol. The molecule has 0 bridgehead atoms. The molecule has 3 N–H and O–H groups in total. The Morgan fingerprint density at radius 3 is 2.75 bits per heavy atom. The van der Waals surface area contributed by atoms with Gasteiger partial charge in [-0.15, -0.1) is 0 Å². The van der Waals surface area contributed by atoms with Gasteiger partial charge in [0.25, 0.3) is 0 Å². The van der Waals surface area contributed by atoms with Crippen LogP contribution in [0.1, 0.15) is 10.4 Å². The summed E-state index contributed by atoms with van der Waals surface area (Å²) in [5.74, 6) is -0.0768. The topological polar surface area (TPSA) is 72.5 Å². The Balaban J connectivity index is 3.33. The molecule has 0 heterocycles. The van der Waals surface area contributed by atoms with Crippen LogP contribution < -0.4 is 10.5 Å². The van der Waals surface area contributed by atoms with Crippen molar-refractivity contribution in [2.24, 2.45) is 0 Å². The molecule has 1 rings (SSSR count). The van der Waals surface area contributed by atoms with Gasteiger partial charge in [0.05, 0.1) is 18.4 Å². The Kier molecular flexibility index (Phi) is 2.19. The summed E-state index contributed by atoms with van der Waals surface area (Å²) in [6.45, 7) is 0. The third-order valence-electron chi connectivity index (χ3n) is 1.52. The molecule has 4 nitrogen and oxygen atoms in total. The minimum atomic E-state index is -0.215. The third-order valence-corrected chi connectivity index (χ3v) is 1.52. The van der Waals surface area contributed by atoms with Gasteiger partial charge in [-0.05, 0) is 12.1 Å². The second kappa shape index (κ2) is 3.13. The first-order chi connectivity index (χ1) is 5.70. The molecule has 1 aromatic carbocycles. The number of phenolic OH excluding ortho intramolecular Hbond substituents is 1. The Hall–Kier alpha value is -1.71. The van der Waals surface area contributed by atoms with Crippen LogP contribution in [0.15, 0.2) is 12.1 Å². The zero-order chi connectivity index (χ0) is 9.14. The summed E-state index contributed by atoms with van der Waals surface area (Å²) in [5.41, 5.74) is 5.93. The molecule has 0 aromatic heterocycles. The van der Waals surface area contributed by atoms with E-state index in [0.717, 1.165) is 0 Å². The summed E-state index contributed by atoms with van der Waals surface area (Å²) < 4.78 is 4.78. The van der Waals surface area contributed by atoms with Gasteiger partial charge in [0.1, 0.15) is 0 Å². The largest absolute Gasteiger partial charge is 0.504 e. The second-order valence-corrected chi connectivity index (χ2v) is 2.24. The van der Waals surface area contributed by atoms with E-state index in [2.05, 4.69) is 0 Å². The number of benzene rings is 1. The van der Waals surface area contributed by atoms with Crippen LogP contribution in [0.2, 0.25) is 0 Å². The van der Waals surface area contributed by atoms with E-state index in [1.165, 1.54) is 19.2 Å². The highest BCUT2D eigenvalue weighted by atomic mass is 16.5. The predicted molar refractivity (Wildman–Crippen MR) is 44.5 cm³/mol. The van der Waals surface area contributed by atoms with Gasteiger partial charge >= 0.3 is 0 Å². The average Bonchev–Trinajstić information content (AvgIpc) is 2.06. The van der Waals surface area contributed by atoms with Crippen molar-refractivity contribution in [2.75, 3.05) is 12.8 Å². The van der Waals surface area contributed by atoms with Gasteiger partial charge in [-0.25, -0.2) is 0 Å². The van der Waals surface area contributed by atoms with Gasteiger partial charge < -0.3 is 15.6 Å². The van der Waals surface area contributed by atoms with Crippen molar-refractivity contribution >= 4 is 12.0 Å². The minimum Gasteiger partial charge on any atom is -0.504 e. The summed E-state index contributed by atoms with van der Waals surface area (Å²) >= 11 is 0. The van der Waals surface area contributed by atoms with Crippen LogP contribution in [0.3, 0.4) is 0 Å². The van der Waals surface area contributed by atoms with Crippen molar-refractivity contribution in [3.8, 4) is 11.5 Å². The van der Waals surface area contributed by atoms with Crippen LogP contribution in [-0.4, -0.2) is 18.5 Å². The number of ether oxygens (including phenoxy) is 1. The fourth-order valence-corrected chi connectivity index (χ4v) is 0.912. The van der Waals surface area contributed by atoms with Crippen molar-refractivity contribution in [3.63, 3.8) is 0 Å². The number of nitrogen functional groups attached to an aromatic ring is 1. The van der Waals surface area contributed by atoms with Gasteiger partial charge in [0.2, 0.25) is 0 Å². The van der Waals surface area contributed by atoms with E-state index >= 15 is 0 Å². The van der Waals surface area contributed by atoms with E-state index in [-0.39, 0.29) is 17.1 Å². The maximum absolute atomic E-state index is 10.4. The van der Waals surface area contributed by atoms with Crippen molar-refractivity contribution in [2.45, 2.75) is 0 Å². The first kappa shape index (κ1) is 8.39. The van der Waals surface area contributed by atoms with Crippen LogP contribution in [0.5, 0.6) is 11.5 Å². The fourth-order valence-electron chi connectivity index (χ4n) is 0.912. The number of phenols is 1. The first-order valence-corrected chi connectivity index (χ1v) is 3.31. The highest BCUT2D eigenvalue weighted by Crippen LogP contribution is 2.34. The smallest absolute Gasteiger partial charge is 0.184 e. The molecule has 1 aromatic rings. The van der Waals surface area contributed by atoms with E-state index in [0.29, 0.717) is 12.0 Å². The molecule has 12 heavy (non-hydrogen) atoms. The lowest BCUT2D eigenvalue weighted by molar-refractivity contribution is 0.112. The Morgan fingerprint density at radius 2 is 2.25 bits per heavy atom. The number of rotatable bonds is 2. The second-order valence-electron chi connectivity index (χ2n) is 2.24. The number of carbonyl (C=O) groups is 1. The molecule has 0 unspecified atom stereocenters. The number of hydrogen-bond donors (Lipinski definition) is 2. The molecule has 0 aliphatic carbocycles. The van der Waals surface area contributed by atoms with Crippen LogP contribution in [0, 0.1) is 0 Å². The molecule has 0 spiro atoms. The summed E-state index contributed by atoms with van der Waals surface area (Å²) in [4.78, 5) is 10.4. The maximum atomic E-state index is 10.4. The molecule has 0 aliphatic rings. The lowest BCUT2D eigenvalue weighted by Gasteiger charge is -2.07. The minimum absolute atomic E-state index is 0.139. The van der Waals surface area contributed by atoms with Crippen LogP contribution in [0.25, 0.3) is 0 Å². The molecule has 0 amide bonds. The summed E-state index contributed by atoms with van der Waals surface area (Å²) in [7, 11) is 1.37. The van der Waals surface area contributed by atoms with Gasteiger partial charge in [-0.1, -0.05) is 0 Å². The maximum Gasteiger partial charge on any atom is 0.184 e. The molecule has 64 valence electrons. The van der Waals surface area contributed by atoms with Crippen LogP contribution in [0.4, 0.5) is 5.69 Å². The number of methoxy groups -OCH3 is 1. The highest BCUT2D eigenvalue weighted by Gasteiger charge is 2.09. The molecular weight excluding hydrogens is 158 g/mol. The van der Waals surface area contributed by atoms with E-state index in [1.54, 1.807) is 0 Å².